The van der Waals surface area contributed by atoms with Gasteiger partial charge in [-0.25, -0.2) is 4.79 Å². The van der Waals surface area contributed by atoms with E-state index in [-0.39, 0.29) is 18.5 Å². The molecule has 0 bridgehead atoms. The Balaban J connectivity index is 1.39. The summed E-state index contributed by atoms with van der Waals surface area (Å²) in [4.78, 5) is 28.2. The molecule has 1 aromatic carbocycles. The first-order chi connectivity index (χ1) is 13.5. The Morgan fingerprint density at radius 3 is 2.68 bits per heavy atom. The number of aryl methyl sites for hydroxylation is 1. The number of hydrogen-bond donors (Lipinski definition) is 2. The molecule has 28 heavy (non-hydrogen) atoms. The number of carbonyl (C=O) groups is 2. The van der Waals surface area contributed by atoms with Crippen molar-refractivity contribution >= 4 is 17.8 Å². The van der Waals surface area contributed by atoms with Crippen LogP contribution in [0.15, 0.2) is 34.9 Å². The van der Waals surface area contributed by atoms with Crippen molar-refractivity contribution in [1.82, 2.24) is 20.3 Å². The highest BCUT2D eigenvalue weighted by molar-refractivity contribution is 5.91. The van der Waals surface area contributed by atoms with Crippen LogP contribution in [-0.4, -0.2) is 66.7 Å². The van der Waals surface area contributed by atoms with Crippen molar-refractivity contribution in [3.8, 4) is 5.75 Å². The van der Waals surface area contributed by atoms with Crippen LogP contribution < -0.4 is 15.4 Å². The van der Waals surface area contributed by atoms with Gasteiger partial charge in [0.1, 0.15) is 11.5 Å². The van der Waals surface area contributed by atoms with E-state index in [1.54, 1.807) is 25.0 Å². The fraction of sp³-hybridized carbons (Fsp3) is 0.421. The van der Waals surface area contributed by atoms with Crippen LogP contribution in [0.2, 0.25) is 0 Å². The summed E-state index contributed by atoms with van der Waals surface area (Å²) in [5, 5.41) is 9.37. The average Bonchev–Trinajstić information content (AvgIpc) is 3.11. The van der Waals surface area contributed by atoms with Crippen molar-refractivity contribution in [1.29, 1.82) is 0 Å². The van der Waals surface area contributed by atoms with Gasteiger partial charge in [0.15, 0.2) is 5.82 Å². The summed E-state index contributed by atoms with van der Waals surface area (Å²) >= 11 is 0. The first-order valence-corrected chi connectivity index (χ1v) is 9.15. The van der Waals surface area contributed by atoms with Crippen LogP contribution in [0, 0.1) is 6.92 Å². The number of methoxy groups -OCH3 is 1. The third-order valence-corrected chi connectivity index (χ3v) is 4.50. The number of carbonyl (C=O) groups excluding carboxylic acids is 2. The Bertz CT molecular complexity index is 814. The first kappa shape index (κ1) is 19.7. The SMILES string of the molecule is COc1cccc(CNC(=O)N2CCN(CC(=O)Nc3cc(C)on3)CC2)c1. The van der Waals surface area contributed by atoms with Gasteiger partial charge < -0.3 is 24.8 Å². The molecule has 1 saturated heterocycles. The zero-order valence-corrected chi connectivity index (χ0v) is 16.1. The van der Waals surface area contributed by atoms with Crippen molar-refractivity contribution in [2.24, 2.45) is 0 Å². The third kappa shape index (κ3) is 5.46. The number of anilines is 1. The van der Waals surface area contributed by atoms with E-state index in [2.05, 4.69) is 15.8 Å². The summed E-state index contributed by atoms with van der Waals surface area (Å²) in [6.07, 6.45) is 0. The highest BCUT2D eigenvalue weighted by Crippen LogP contribution is 2.12. The fourth-order valence-electron chi connectivity index (χ4n) is 2.99. The van der Waals surface area contributed by atoms with Crippen LogP contribution in [-0.2, 0) is 11.3 Å². The van der Waals surface area contributed by atoms with E-state index in [1.807, 2.05) is 29.2 Å². The summed E-state index contributed by atoms with van der Waals surface area (Å²) in [6.45, 7) is 4.87. The normalized spacial score (nSPS) is 14.6. The Kier molecular flexibility index (Phi) is 6.49. The molecule has 0 saturated carbocycles. The topological polar surface area (TPSA) is 99.9 Å². The van der Waals surface area contributed by atoms with Gasteiger partial charge in [0.05, 0.1) is 13.7 Å². The number of nitrogens with one attached hydrogen (secondary N) is 2. The van der Waals surface area contributed by atoms with E-state index in [9.17, 15) is 9.59 Å². The van der Waals surface area contributed by atoms with Crippen molar-refractivity contribution in [2.75, 3.05) is 45.2 Å². The number of hydrogen-bond acceptors (Lipinski definition) is 6. The van der Waals surface area contributed by atoms with Gasteiger partial charge in [-0.3, -0.25) is 9.69 Å². The van der Waals surface area contributed by atoms with Crippen LogP contribution in [0.3, 0.4) is 0 Å². The monoisotopic (exact) mass is 387 g/mol. The molecule has 0 unspecified atom stereocenters. The summed E-state index contributed by atoms with van der Waals surface area (Å²) in [7, 11) is 1.62. The molecule has 0 aliphatic carbocycles. The zero-order chi connectivity index (χ0) is 19.9. The van der Waals surface area contributed by atoms with E-state index in [0.717, 1.165) is 11.3 Å². The molecule has 2 aromatic rings. The van der Waals surface area contributed by atoms with E-state index >= 15 is 0 Å². The van der Waals surface area contributed by atoms with Crippen LogP contribution >= 0.6 is 0 Å². The highest BCUT2D eigenvalue weighted by atomic mass is 16.5. The second-order valence-corrected chi connectivity index (χ2v) is 6.64. The quantitative estimate of drug-likeness (QED) is 0.778. The van der Waals surface area contributed by atoms with Crippen molar-refractivity contribution in [3.63, 3.8) is 0 Å². The molecule has 0 radical (unpaired) electrons. The molecular formula is C19H25N5O4. The fourth-order valence-corrected chi connectivity index (χ4v) is 2.99. The first-order valence-electron chi connectivity index (χ1n) is 9.15. The molecule has 3 amide bonds. The lowest BCUT2D eigenvalue weighted by molar-refractivity contribution is -0.117. The van der Waals surface area contributed by atoms with E-state index in [1.165, 1.54) is 0 Å². The summed E-state index contributed by atoms with van der Waals surface area (Å²) in [5.41, 5.74) is 0.978. The molecule has 9 nitrogen and oxygen atoms in total. The van der Waals surface area contributed by atoms with Gasteiger partial charge >= 0.3 is 6.03 Å². The molecule has 1 fully saturated rings. The molecule has 0 atom stereocenters. The Hall–Kier alpha value is -3.07. The second-order valence-electron chi connectivity index (χ2n) is 6.64. The second kappa shape index (κ2) is 9.23. The molecule has 0 spiro atoms. The largest absolute Gasteiger partial charge is 0.497 e. The van der Waals surface area contributed by atoms with Crippen LogP contribution in [0.25, 0.3) is 0 Å². The van der Waals surface area contributed by atoms with Gasteiger partial charge in [0.2, 0.25) is 5.91 Å². The molecular weight excluding hydrogens is 362 g/mol. The van der Waals surface area contributed by atoms with Gasteiger partial charge in [0, 0.05) is 38.8 Å². The zero-order valence-electron chi connectivity index (χ0n) is 16.1. The summed E-state index contributed by atoms with van der Waals surface area (Å²) in [6, 6.07) is 9.16. The minimum Gasteiger partial charge on any atom is -0.497 e. The number of piperazine rings is 1. The number of urea groups is 1. The number of nitrogens with zero attached hydrogens (tertiary/aromatic N) is 3. The van der Waals surface area contributed by atoms with Gasteiger partial charge in [-0.2, -0.15) is 0 Å². The number of aromatic nitrogens is 1. The van der Waals surface area contributed by atoms with E-state index in [0.29, 0.717) is 44.3 Å². The molecule has 2 heterocycles. The molecule has 1 aliphatic rings. The molecule has 150 valence electrons. The van der Waals surface area contributed by atoms with Gasteiger partial charge in [-0.1, -0.05) is 17.3 Å². The third-order valence-electron chi connectivity index (χ3n) is 4.50. The Morgan fingerprint density at radius 1 is 1.21 bits per heavy atom. The van der Waals surface area contributed by atoms with Crippen molar-refractivity contribution < 1.29 is 18.8 Å². The van der Waals surface area contributed by atoms with Crippen molar-refractivity contribution in [2.45, 2.75) is 13.5 Å². The van der Waals surface area contributed by atoms with Crippen LogP contribution in [0.5, 0.6) is 5.75 Å². The van der Waals surface area contributed by atoms with Crippen molar-refractivity contribution in [3.05, 3.63) is 41.7 Å². The maximum absolute atomic E-state index is 12.4. The van der Waals surface area contributed by atoms with Crippen LogP contribution in [0.1, 0.15) is 11.3 Å². The minimum absolute atomic E-state index is 0.106. The standard InChI is InChI=1S/C19H25N5O4/c1-14-10-17(22-28-14)21-18(25)13-23-6-8-24(9-7-23)19(26)20-12-15-4-3-5-16(11-15)27-2/h3-5,10-11H,6-9,12-13H2,1-2H3,(H,20,26)(H,21,22,25). The number of amides is 3. The van der Waals surface area contributed by atoms with E-state index < -0.39 is 0 Å². The summed E-state index contributed by atoms with van der Waals surface area (Å²) < 4.78 is 10.1. The number of ether oxygens (including phenoxy) is 1. The summed E-state index contributed by atoms with van der Waals surface area (Å²) in [5.74, 6) is 1.67. The smallest absolute Gasteiger partial charge is 0.317 e. The molecule has 9 heteroatoms. The van der Waals surface area contributed by atoms with Gasteiger partial charge in [-0.05, 0) is 24.6 Å². The maximum atomic E-state index is 12.4. The molecule has 1 aromatic heterocycles. The predicted octanol–water partition coefficient (Wildman–Crippen LogP) is 1.46. The van der Waals surface area contributed by atoms with E-state index in [4.69, 9.17) is 9.26 Å². The Labute approximate surface area is 163 Å². The van der Waals surface area contributed by atoms with Crippen LogP contribution in [0.4, 0.5) is 10.6 Å². The average molecular weight is 387 g/mol. The Morgan fingerprint density at radius 2 is 2.00 bits per heavy atom. The lowest BCUT2D eigenvalue weighted by Gasteiger charge is -2.34. The lowest BCUT2D eigenvalue weighted by Crippen LogP contribution is -2.52. The van der Waals surface area contributed by atoms with Gasteiger partial charge in [-0.15, -0.1) is 0 Å². The maximum Gasteiger partial charge on any atom is 0.317 e. The molecule has 1 aliphatic heterocycles. The minimum atomic E-state index is -0.149. The predicted molar refractivity (Wildman–Crippen MR) is 103 cm³/mol. The number of benzene rings is 1. The van der Waals surface area contributed by atoms with Gasteiger partial charge in [0.25, 0.3) is 0 Å². The number of rotatable bonds is 6. The molecule has 3 rings (SSSR count). The lowest BCUT2D eigenvalue weighted by atomic mass is 10.2. The molecule has 2 N–H and O–H groups in total. The highest BCUT2D eigenvalue weighted by Gasteiger charge is 2.22.